The van der Waals surface area contributed by atoms with Crippen molar-refractivity contribution < 1.29 is 13.2 Å². The molecule has 2 aromatic rings. The predicted octanol–water partition coefficient (Wildman–Crippen LogP) is 2.72. The molecule has 1 N–H and O–H groups in total. The van der Waals surface area contributed by atoms with E-state index in [4.69, 9.17) is 0 Å². The fourth-order valence-electron chi connectivity index (χ4n) is 2.85. The van der Waals surface area contributed by atoms with Gasteiger partial charge in [0, 0.05) is 12.2 Å². The van der Waals surface area contributed by atoms with Crippen molar-refractivity contribution in [3.05, 3.63) is 59.7 Å². The van der Waals surface area contributed by atoms with Gasteiger partial charge in [-0.2, -0.15) is 0 Å². The number of benzene rings is 2. The topological polar surface area (TPSA) is 66.5 Å². The van der Waals surface area contributed by atoms with Crippen LogP contribution in [0.3, 0.4) is 0 Å². The Hall–Kier alpha value is -2.34. The van der Waals surface area contributed by atoms with Gasteiger partial charge in [-0.25, -0.2) is 8.42 Å². The monoisotopic (exact) mass is 344 g/mol. The molecule has 3 rings (SSSR count). The van der Waals surface area contributed by atoms with Gasteiger partial charge in [-0.05, 0) is 43.2 Å². The zero-order chi connectivity index (χ0) is 17.2. The number of sulfonamides is 1. The van der Waals surface area contributed by atoms with Crippen molar-refractivity contribution in [2.75, 3.05) is 21.9 Å². The molecule has 1 saturated heterocycles. The molecule has 6 heteroatoms. The van der Waals surface area contributed by atoms with Crippen LogP contribution in [0, 0.1) is 6.92 Å². The first kappa shape index (κ1) is 16.5. The molecule has 0 unspecified atom stereocenters. The molecule has 1 heterocycles. The van der Waals surface area contributed by atoms with Crippen molar-refractivity contribution in [2.24, 2.45) is 0 Å². The van der Waals surface area contributed by atoms with Crippen molar-refractivity contribution in [1.82, 2.24) is 0 Å². The van der Waals surface area contributed by atoms with Gasteiger partial charge < -0.3 is 5.32 Å². The second-order valence-electron chi connectivity index (χ2n) is 6.00. The van der Waals surface area contributed by atoms with E-state index in [0.717, 1.165) is 11.1 Å². The molecule has 0 bridgehead atoms. The van der Waals surface area contributed by atoms with Crippen LogP contribution in [-0.4, -0.2) is 26.6 Å². The van der Waals surface area contributed by atoms with Crippen LogP contribution < -0.4 is 9.62 Å². The van der Waals surface area contributed by atoms with Gasteiger partial charge in [-0.15, -0.1) is 0 Å². The molecule has 0 atom stereocenters. The lowest BCUT2D eigenvalue weighted by atomic mass is 10.1. The van der Waals surface area contributed by atoms with E-state index >= 15 is 0 Å². The summed E-state index contributed by atoms with van der Waals surface area (Å²) < 4.78 is 25.2. The van der Waals surface area contributed by atoms with Gasteiger partial charge in [-0.1, -0.05) is 29.8 Å². The quantitative estimate of drug-likeness (QED) is 0.927. The molecule has 126 valence electrons. The van der Waals surface area contributed by atoms with Crippen LogP contribution in [0.5, 0.6) is 0 Å². The minimum atomic E-state index is -3.17. The Labute approximate surface area is 142 Å². The number of hydrogen-bond donors (Lipinski definition) is 1. The number of anilines is 2. The van der Waals surface area contributed by atoms with Crippen molar-refractivity contribution in [3.63, 3.8) is 0 Å². The van der Waals surface area contributed by atoms with E-state index in [0.29, 0.717) is 30.8 Å². The maximum absolute atomic E-state index is 12.1. The highest BCUT2D eigenvalue weighted by atomic mass is 32.2. The van der Waals surface area contributed by atoms with Gasteiger partial charge >= 0.3 is 0 Å². The van der Waals surface area contributed by atoms with Crippen molar-refractivity contribution in [2.45, 2.75) is 19.8 Å². The molecular formula is C18H20N2O3S. The molecule has 0 aliphatic carbocycles. The standard InChI is InChI=1S/C18H20N2O3S/c1-14-4-2-5-15(12-14)13-18(21)19-16-6-8-17(9-7-16)20-10-3-11-24(20,22)23/h2,4-9,12H,3,10-11,13H2,1H3,(H,19,21). The molecule has 0 saturated carbocycles. The summed E-state index contributed by atoms with van der Waals surface area (Å²) in [7, 11) is -3.17. The van der Waals surface area contributed by atoms with E-state index in [9.17, 15) is 13.2 Å². The van der Waals surface area contributed by atoms with Crippen LogP contribution >= 0.6 is 0 Å². The molecule has 0 spiro atoms. The predicted molar refractivity (Wildman–Crippen MR) is 95.7 cm³/mol. The first-order valence-electron chi connectivity index (χ1n) is 7.90. The lowest BCUT2D eigenvalue weighted by molar-refractivity contribution is -0.115. The van der Waals surface area contributed by atoms with Crippen molar-refractivity contribution in [1.29, 1.82) is 0 Å². The average Bonchev–Trinajstić information content (AvgIpc) is 2.87. The minimum Gasteiger partial charge on any atom is -0.326 e. The highest BCUT2D eigenvalue weighted by molar-refractivity contribution is 7.93. The normalized spacial score (nSPS) is 16.1. The Kier molecular flexibility index (Phi) is 4.57. The largest absolute Gasteiger partial charge is 0.326 e. The summed E-state index contributed by atoms with van der Waals surface area (Å²) in [6, 6.07) is 14.8. The van der Waals surface area contributed by atoms with Crippen LogP contribution in [-0.2, 0) is 21.2 Å². The van der Waals surface area contributed by atoms with E-state index in [1.807, 2.05) is 31.2 Å². The van der Waals surface area contributed by atoms with Gasteiger partial charge in [0.2, 0.25) is 15.9 Å². The Bertz CT molecular complexity index is 845. The number of carbonyl (C=O) groups excluding carboxylic acids is 1. The summed E-state index contributed by atoms with van der Waals surface area (Å²) in [6.07, 6.45) is 0.960. The zero-order valence-corrected chi connectivity index (χ0v) is 14.3. The minimum absolute atomic E-state index is 0.0952. The van der Waals surface area contributed by atoms with Crippen LogP contribution in [0.15, 0.2) is 48.5 Å². The fourth-order valence-corrected chi connectivity index (χ4v) is 4.42. The van der Waals surface area contributed by atoms with Crippen LogP contribution in [0.4, 0.5) is 11.4 Å². The Morgan fingerprint density at radius 1 is 1.17 bits per heavy atom. The molecule has 0 radical (unpaired) electrons. The fraction of sp³-hybridized carbons (Fsp3) is 0.278. The molecule has 1 aliphatic rings. The number of aryl methyl sites for hydroxylation is 1. The smallest absolute Gasteiger partial charge is 0.235 e. The van der Waals surface area contributed by atoms with Crippen molar-refractivity contribution >= 4 is 27.3 Å². The number of carbonyl (C=O) groups is 1. The van der Waals surface area contributed by atoms with E-state index in [1.54, 1.807) is 24.3 Å². The van der Waals surface area contributed by atoms with Gasteiger partial charge in [0.1, 0.15) is 0 Å². The number of nitrogens with one attached hydrogen (secondary N) is 1. The van der Waals surface area contributed by atoms with Gasteiger partial charge in [0.15, 0.2) is 0 Å². The third-order valence-electron chi connectivity index (χ3n) is 3.99. The molecule has 1 fully saturated rings. The number of amides is 1. The van der Waals surface area contributed by atoms with Gasteiger partial charge in [0.25, 0.3) is 0 Å². The maximum Gasteiger partial charge on any atom is 0.235 e. The highest BCUT2D eigenvalue weighted by Crippen LogP contribution is 2.25. The second-order valence-corrected chi connectivity index (χ2v) is 8.02. The summed E-state index contributed by atoms with van der Waals surface area (Å²) >= 11 is 0. The summed E-state index contributed by atoms with van der Waals surface area (Å²) in [5, 5.41) is 2.84. The molecule has 1 aliphatic heterocycles. The first-order chi connectivity index (χ1) is 11.4. The Morgan fingerprint density at radius 2 is 1.92 bits per heavy atom. The first-order valence-corrected chi connectivity index (χ1v) is 9.51. The molecule has 2 aromatic carbocycles. The lowest BCUT2D eigenvalue weighted by Crippen LogP contribution is -2.25. The average molecular weight is 344 g/mol. The lowest BCUT2D eigenvalue weighted by Gasteiger charge is -2.17. The van der Waals surface area contributed by atoms with E-state index in [1.165, 1.54) is 4.31 Å². The maximum atomic E-state index is 12.1. The Balaban J connectivity index is 1.65. The van der Waals surface area contributed by atoms with E-state index in [2.05, 4.69) is 5.32 Å². The van der Waals surface area contributed by atoms with Crippen LogP contribution in [0.2, 0.25) is 0 Å². The second kappa shape index (κ2) is 6.65. The van der Waals surface area contributed by atoms with E-state index < -0.39 is 10.0 Å². The summed E-state index contributed by atoms with van der Waals surface area (Å²) in [6.45, 7) is 2.51. The van der Waals surface area contributed by atoms with Gasteiger partial charge in [-0.3, -0.25) is 9.10 Å². The zero-order valence-electron chi connectivity index (χ0n) is 13.5. The summed E-state index contributed by atoms with van der Waals surface area (Å²) in [4.78, 5) is 12.1. The SMILES string of the molecule is Cc1cccc(CC(=O)Nc2ccc(N3CCCS3(=O)=O)cc2)c1. The third-order valence-corrected chi connectivity index (χ3v) is 5.86. The van der Waals surface area contributed by atoms with Gasteiger partial charge in [0.05, 0.1) is 17.9 Å². The molecular weight excluding hydrogens is 324 g/mol. The van der Waals surface area contributed by atoms with Crippen molar-refractivity contribution in [3.8, 4) is 0 Å². The summed E-state index contributed by atoms with van der Waals surface area (Å²) in [5.41, 5.74) is 3.39. The number of nitrogens with zero attached hydrogens (tertiary/aromatic N) is 1. The summed E-state index contributed by atoms with van der Waals surface area (Å²) in [5.74, 6) is 0.101. The molecule has 5 nitrogen and oxygen atoms in total. The van der Waals surface area contributed by atoms with E-state index in [-0.39, 0.29) is 11.7 Å². The van der Waals surface area contributed by atoms with Crippen LogP contribution in [0.1, 0.15) is 17.5 Å². The molecule has 24 heavy (non-hydrogen) atoms. The third kappa shape index (κ3) is 3.76. The number of hydrogen-bond acceptors (Lipinski definition) is 3. The molecule has 1 amide bonds. The van der Waals surface area contributed by atoms with Crippen LogP contribution in [0.25, 0.3) is 0 Å². The highest BCUT2D eigenvalue weighted by Gasteiger charge is 2.28. The number of rotatable bonds is 4. The Morgan fingerprint density at radius 3 is 2.54 bits per heavy atom. The molecule has 0 aromatic heterocycles.